The van der Waals surface area contributed by atoms with Crippen LogP contribution in [-0.2, 0) is 9.59 Å². The van der Waals surface area contributed by atoms with E-state index in [1.54, 1.807) is 0 Å². The number of nitrogens with two attached hydrogens (primary N) is 1. The smallest absolute Gasteiger partial charge is 0.217 e. The van der Waals surface area contributed by atoms with Crippen molar-refractivity contribution in [1.29, 1.82) is 0 Å². The number of hydrogen-bond acceptors (Lipinski definition) is 4. The van der Waals surface area contributed by atoms with E-state index < -0.39 is 0 Å². The average Bonchev–Trinajstić information content (AvgIpc) is 3.11. The van der Waals surface area contributed by atoms with Crippen LogP contribution in [0.25, 0.3) is 0 Å². The molecule has 5 heteroatoms. The maximum absolute atomic E-state index is 12.4. The second-order valence-electron chi connectivity index (χ2n) is 12.2. The Hall–Kier alpha value is -1.88. The quantitative estimate of drug-likeness (QED) is 0.576. The highest BCUT2D eigenvalue weighted by Gasteiger charge is 2.63. The van der Waals surface area contributed by atoms with E-state index in [9.17, 15) is 14.7 Å². The second kappa shape index (κ2) is 8.96. The fraction of sp³-hybridized carbons (Fsp3) is 0.724. The number of carbonyl (C=O) groups is 2. The molecule has 0 heterocycles. The molecule has 1 aromatic carbocycles. The molecule has 0 saturated heterocycles. The minimum Gasteiger partial charge on any atom is -0.494 e. The van der Waals surface area contributed by atoms with E-state index in [0.29, 0.717) is 54.8 Å². The summed E-state index contributed by atoms with van der Waals surface area (Å²) in [5, 5.41) is 11.1. The molecule has 5 nitrogen and oxygen atoms in total. The Bertz CT molecular complexity index is 929. The molecule has 0 aliphatic heterocycles. The van der Waals surface area contributed by atoms with Crippen LogP contribution in [0.4, 0.5) is 0 Å². The van der Waals surface area contributed by atoms with Crippen LogP contribution < -0.4 is 10.5 Å². The first-order chi connectivity index (χ1) is 16.2. The number of ketones is 1. The van der Waals surface area contributed by atoms with E-state index in [1.165, 1.54) is 12.0 Å². The lowest BCUT2D eigenvalue weighted by atomic mass is 9.42. The van der Waals surface area contributed by atoms with Gasteiger partial charge in [0.05, 0.1) is 12.7 Å². The Morgan fingerprint density at radius 3 is 2.62 bits per heavy atom. The zero-order valence-corrected chi connectivity index (χ0v) is 20.8. The van der Waals surface area contributed by atoms with Gasteiger partial charge >= 0.3 is 0 Å². The Labute approximate surface area is 203 Å². The summed E-state index contributed by atoms with van der Waals surface area (Å²) in [5.74, 6) is 3.64. The van der Waals surface area contributed by atoms with Crippen LogP contribution >= 0.6 is 0 Å². The maximum Gasteiger partial charge on any atom is 0.217 e. The minimum atomic E-state index is -0.296. The Morgan fingerprint density at radius 2 is 1.88 bits per heavy atom. The van der Waals surface area contributed by atoms with Crippen molar-refractivity contribution in [3.8, 4) is 5.75 Å². The van der Waals surface area contributed by atoms with Gasteiger partial charge in [0.15, 0.2) is 0 Å². The van der Waals surface area contributed by atoms with Crippen molar-refractivity contribution in [2.75, 3.05) is 6.61 Å². The number of rotatable bonds is 6. The highest BCUT2D eigenvalue weighted by atomic mass is 16.5. The number of aliphatic hydroxyl groups is 1. The third-order valence-corrected chi connectivity index (χ3v) is 10.5. The molecular formula is C29H41NO4. The van der Waals surface area contributed by atoms with Gasteiger partial charge in [-0.3, -0.25) is 9.59 Å². The van der Waals surface area contributed by atoms with Gasteiger partial charge < -0.3 is 15.6 Å². The third-order valence-electron chi connectivity index (χ3n) is 10.5. The van der Waals surface area contributed by atoms with E-state index in [0.717, 1.165) is 50.7 Å². The minimum absolute atomic E-state index is 0.0244. The number of aliphatic hydroxyl groups excluding tert-OH is 1. The molecule has 1 aromatic rings. The topological polar surface area (TPSA) is 89.6 Å². The van der Waals surface area contributed by atoms with Crippen LogP contribution in [0.1, 0.15) is 89.5 Å². The van der Waals surface area contributed by atoms with E-state index in [4.69, 9.17) is 10.5 Å². The molecule has 0 aromatic heterocycles. The van der Waals surface area contributed by atoms with Crippen molar-refractivity contribution in [1.82, 2.24) is 0 Å². The zero-order chi connectivity index (χ0) is 24.1. The SMILES string of the molecule is C[C@]12CCC(=O)CC1CC[C@@H]1[C@H]2C(c2ccc(OCCCC(N)=O)cc2)C[C@]2(C)C(O)CC[C@@H]12. The molecule has 34 heavy (non-hydrogen) atoms. The van der Waals surface area contributed by atoms with Crippen molar-refractivity contribution in [3.63, 3.8) is 0 Å². The van der Waals surface area contributed by atoms with Gasteiger partial charge in [0.1, 0.15) is 11.5 Å². The second-order valence-corrected chi connectivity index (χ2v) is 12.2. The van der Waals surface area contributed by atoms with Crippen LogP contribution in [0, 0.1) is 34.5 Å². The number of hydrogen-bond donors (Lipinski definition) is 2. The van der Waals surface area contributed by atoms with Crippen LogP contribution in [0.15, 0.2) is 24.3 Å². The first kappa shape index (κ1) is 23.8. The van der Waals surface area contributed by atoms with Crippen molar-refractivity contribution in [3.05, 3.63) is 29.8 Å². The van der Waals surface area contributed by atoms with Gasteiger partial charge in [-0.25, -0.2) is 0 Å². The van der Waals surface area contributed by atoms with Crippen LogP contribution in [-0.4, -0.2) is 29.5 Å². The number of ether oxygens (including phenoxy) is 1. The normalized spacial score (nSPS) is 41.3. The lowest BCUT2D eigenvalue weighted by molar-refractivity contribution is -0.147. The highest BCUT2D eigenvalue weighted by Crippen LogP contribution is 2.69. The molecule has 0 bridgehead atoms. The summed E-state index contributed by atoms with van der Waals surface area (Å²) in [7, 11) is 0. The summed E-state index contributed by atoms with van der Waals surface area (Å²) in [6, 6.07) is 8.55. The molecule has 0 radical (unpaired) electrons. The molecular weight excluding hydrogens is 426 g/mol. The molecule has 186 valence electrons. The highest BCUT2D eigenvalue weighted by molar-refractivity contribution is 5.79. The average molecular weight is 468 g/mol. The Morgan fingerprint density at radius 1 is 1.12 bits per heavy atom. The molecule has 0 spiro atoms. The lowest BCUT2D eigenvalue weighted by Gasteiger charge is -2.62. The summed E-state index contributed by atoms with van der Waals surface area (Å²) in [6.45, 7) is 5.31. The van der Waals surface area contributed by atoms with Crippen molar-refractivity contribution < 1.29 is 19.4 Å². The summed E-state index contributed by atoms with van der Waals surface area (Å²) in [4.78, 5) is 23.3. The van der Waals surface area contributed by atoms with Crippen molar-refractivity contribution >= 4 is 11.7 Å². The predicted octanol–water partition coefficient (Wildman–Crippen LogP) is 5.00. The standard InChI is InChI=1S/C29H41NO4/c1-28-14-13-20(31)16-19(28)7-10-22-24-11-12-25(32)29(24,2)17-23(27(22)28)18-5-8-21(9-6-18)34-15-3-4-26(30)33/h5-6,8-9,19,22-25,27,32H,3-4,7,10-17H2,1-2H3,(H2,30,33)/t19?,22-,23?,24-,25?,27-,28-,29-/m0/s1. The maximum atomic E-state index is 12.4. The predicted molar refractivity (Wildman–Crippen MR) is 131 cm³/mol. The van der Waals surface area contributed by atoms with Crippen molar-refractivity contribution in [2.45, 2.75) is 90.1 Å². The van der Waals surface area contributed by atoms with Gasteiger partial charge in [-0.15, -0.1) is 0 Å². The number of fused-ring (bicyclic) bond motifs is 5. The molecule has 4 aliphatic carbocycles. The molecule has 1 amide bonds. The fourth-order valence-electron chi connectivity index (χ4n) is 8.77. The summed E-state index contributed by atoms with van der Waals surface area (Å²) >= 11 is 0. The van der Waals surface area contributed by atoms with Gasteiger partial charge in [-0.05, 0) is 103 Å². The first-order valence-corrected chi connectivity index (χ1v) is 13.4. The molecule has 4 fully saturated rings. The zero-order valence-electron chi connectivity index (χ0n) is 20.8. The van der Waals surface area contributed by atoms with E-state index in [-0.39, 0.29) is 22.8 Å². The number of amides is 1. The van der Waals surface area contributed by atoms with E-state index in [1.807, 2.05) is 0 Å². The first-order valence-electron chi connectivity index (χ1n) is 13.4. The summed E-state index contributed by atoms with van der Waals surface area (Å²) in [5.41, 5.74) is 6.73. The fourth-order valence-corrected chi connectivity index (χ4v) is 8.77. The van der Waals surface area contributed by atoms with Gasteiger partial charge in [-0.2, -0.15) is 0 Å². The Kier molecular flexibility index (Phi) is 6.29. The number of carbonyl (C=O) groups excluding carboxylic acids is 2. The summed E-state index contributed by atoms with van der Waals surface area (Å²) < 4.78 is 5.84. The molecule has 8 atom stereocenters. The number of primary amides is 1. The number of benzene rings is 1. The van der Waals surface area contributed by atoms with Gasteiger partial charge in [0.25, 0.3) is 0 Å². The molecule has 5 rings (SSSR count). The molecule has 4 aliphatic rings. The van der Waals surface area contributed by atoms with Crippen LogP contribution in [0.3, 0.4) is 0 Å². The monoisotopic (exact) mass is 467 g/mol. The molecule has 3 N–H and O–H groups in total. The molecule has 3 unspecified atom stereocenters. The third kappa shape index (κ3) is 3.98. The number of Topliss-reactive ketones (excluding diaryl/α,β-unsaturated/α-hetero) is 1. The van der Waals surface area contributed by atoms with Crippen molar-refractivity contribution in [2.24, 2.45) is 40.2 Å². The van der Waals surface area contributed by atoms with Gasteiger partial charge in [0.2, 0.25) is 5.91 Å². The largest absolute Gasteiger partial charge is 0.494 e. The van der Waals surface area contributed by atoms with Crippen LogP contribution in [0.5, 0.6) is 5.75 Å². The summed E-state index contributed by atoms with van der Waals surface area (Å²) in [6.07, 6.45) is 8.70. The van der Waals surface area contributed by atoms with E-state index in [2.05, 4.69) is 38.1 Å². The van der Waals surface area contributed by atoms with Crippen LogP contribution in [0.2, 0.25) is 0 Å². The lowest BCUT2D eigenvalue weighted by Crippen LogP contribution is -2.56. The van der Waals surface area contributed by atoms with Gasteiger partial charge in [0, 0.05) is 19.3 Å². The van der Waals surface area contributed by atoms with Gasteiger partial charge in [-0.1, -0.05) is 26.0 Å². The Balaban J connectivity index is 1.43. The van der Waals surface area contributed by atoms with E-state index >= 15 is 0 Å². The molecule has 4 saturated carbocycles.